The maximum Gasteiger partial charge on any atom is 0.180 e. The van der Waals surface area contributed by atoms with E-state index in [1.165, 1.54) is 6.33 Å². The first-order chi connectivity index (χ1) is 4.47. The molecule has 0 aromatic carbocycles. The molecule has 60 valence electrons. The molecule has 1 N–H and O–H groups in total. The van der Waals surface area contributed by atoms with Gasteiger partial charge in [0.15, 0.2) is 5.65 Å². The minimum Gasteiger partial charge on any atom is -0.342 e. The summed E-state index contributed by atoms with van der Waals surface area (Å²) in [7, 11) is 0. The van der Waals surface area contributed by atoms with Crippen LogP contribution in [-0.2, 0) is 0 Å². The summed E-state index contributed by atoms with van der Waals surface area (Å²) in [6, 6.07) is 0. The van der Waals surface area contributed by atoms with Crippen molar-refractivity contribution in [3.05, 3.63) is 18.9 Å². The van der Waals surface area contributed by atoms with Crippen molar-refractivity contribution >= 4 is 11.2 Å². The lowest BCUT2D eigenvalue weighted by atomic mass is 10.6. The number of imidazole rings is 1. The summed E-state index contributed by atoms with van der Waals surface area (Å²) < 4.78 is 0. The predicted octanol–water partition coefficient (Wildman–Crippen LogP) is 0.658. The zero-order valence-corrected chi connectivity index (χ0v) is 5.39. The van der Waals surface area contributed by atoms with E-state index < -0.39 is 0 Å². The number of hydrogen-bond acceptors (Lipinski definition) is 3. The van der Waals surface area contributed by atoms with E-state index >= 15 is 0 Å². The fraction of sp³-hybridized carbons (Fsp3) is 0. The largest absolute Gasteiger partial charge is 0.342 e. The Bertz CT molecular complexity index is 290. The van der Waals surface area contributed by atoms with Gasteiger partial charge in [0.05, 0.1) is 12.5 Å². The van der Waals surface area contributed by atoms with Gasteiger partial charge in [-0.25, -0.2) is 15.0 Å². The van der Waals surface area contributed by atoms with E-state index in [0.29, 0.717) is 5.65 Å². The van der Waals surface area contributed by atoms with Crippen molar-refractivity contribution < 1.29 is 9.41 Å². The Morgan fingerprint density at radius 2 is 2.00 bits per heavy atom. The molecule has 0 radical (unpaired) electrons. The Kier molecular flexibility index (Phi) is 3.03. The van der Waals surface area contributed by atoms with Gasteiger partial charge in [-0.2, -0.15) is 0 Å². The lowest BCUT2D eigenvalue weighted by Gasteiger charge is -1.80. The van der Waals surface area contributed by atoms with Crippen molar-refractivity contribution in [2.45, 2.75) is 0 Å². The van der Waals surface area contributed by atoms with Gasteiger partial charge in [-0.05, 0) is 0 Å². The van der Waals surface area contributed by atoms with E-state index in [0.717, 1.165) is 5.52 Å². The molecule has 0 saturated heterocycles. The number of rotatable bonds is 0. The standard InChI is InChI=1S/C5H4N4.2FH/c1-4-5(8-2-6-1)9-3-7-4;;/h1-3H,(H,6,7,8,9);2*1H. The molecule has 6 heteroatoms. The molecule has 2 heterocycles. The van der Waals surface area contributed by atoms with E-state index in [1.54, 1.807) is 12.5 Å². The first kappa shape index (κ1) is 9.41. The zero-order chi connectivity index (χ0) is 6.10. The van der Waals surface area contributed by atoms with E-state index in [4.69, 9.17) is 0 Å². The Morgan fingerprint density at radius 3 is 2.73 bits per heavy atom. The topological polar surface area (TPSA) is 54.5 Å². The minimum absolute atomic E-state index is 0. The molecule has 0 atom stereocenters. The number of aromatic nitrogens is 4. The number of aromatic amines is 1. The molecule has 0 amide bonds. The zero-order valence-electron chi connectivity index (χ0n) is 5.39. The van der Waals surface area contributed by atoms with Crippen molar-refractivity contribution in [3.8, 4) is 0 Å². The molecule has 0 aliphatic rings. The number of fused-ring (bicyclic) bond motifs is 1. The summed E-state index contributed by atoms with van der Waals surface area (Å²) in [6.45, 7) is 0. The van der Waals surface area contributed by atoms with Crippen LogP contribution in [0, 0.1) is 0 Å². The second-order valence-electron chi connectivity index (χ2n) is 1.66. The van der Waals surface area contributed by atoms with Gasteiger partial charge in [0, 0.05) is 0 Å². The van der Waals surface area contributed by atoms with Gasteiger partial charge >= 0.3 is 0 Å². The Balaban J connectivity index is 0.000000500. The lowest BCUT2D eigenvalue weighted by molar-refractivity contribution is 1.11. The van der Waals surface area contributed by atoms with Crippen LogP contribution >= 0.6 is 0 Å². The molecule has 0 aliphatic heterocycles. The Hall–Kier alpha value is -1.59. The molecule has 0 fully saturated rings. The highest BCUT2D eigenvalue weighted by Crippen LogP contribution is 1.99. The van der Waals surface area contributed by atoms with Crippen LogP contribution in [0.4, 0.5) is 9.41 Å². The maximum atomic E-state index is 3.91. The number of halogens is 2. The molecule has 2 rings (SSSR count). The summed E-state index contributed by atoms with van der Waals surface area (Å²) >= 11 is 0. The molecule has 0 bridgehead atoms. The molecule has 0 spiro atoms. The van der Waals surface area contributed by atoms with Crippen molar-refractivity contribution in [2.24, 2.45) is 0 Å². The van der Waals surface area contributed by atoms with E-state index in [-0.39, 0.29) is 9.41 Å². The van der Waals surface area contributed by atoms with Crippen molar-refractivity contribution in [1.82, 2.24) is 19.9 Å². The highest BCUT2D eigenvalue weighted by atomic mass is 19.0. The van der Waals surface area contributed by atoms with Gasteiger partial charge < -0.3 is 4.98 Å². The molecular formula is C5H6F2N4. The molecule has 2 aromatic rings. The molecule has 0 saturated carbocycles. The molecule has 11 heavy (non-hydrogen) atoms. The number of nitrogens with one attached hydrogen (secondary N) is 1. The Morgan fingerprint density at radius 1 is 1.18 bits per heavy atom. The fourth-order valence-electron chi connectivity index (χ4n) is 0.691. The maximum absolute atomic E-state index is 3.91. The summed E-state index contributed by atoms with van der Waals surface area (Å²) in [5, 5.41) is 0. The van der Waals surface area contributed by atoms with E-state index in [2.05, 4.69) is 19.9 Å². The van der Waals surface area contributed by atoms with Gasteiger partial charge in [0.25, 0.3) is 0 Å². The van der Waals surface area contributed by atoms with Crippen LogP contribution in [0.2, 0.25) is 0 Å². The quantitative estimate of drug-likeness (QED) is 0.615. The predicted molar refractivity (Wildman–Crippen MR) is 36.7 cm³/mol. The van der Waals surface area contributed by atoms with Crippen molar-refractivity contribution in [2.75, 3.05) is 0 Å². The third kappa shape index (κ3) is 1.46. The van der Waals surface area contributed by atoms with Crippen LogP contribution in [0.3, 0.4) is 0 Å². The van der Waals surface area contributed by atoms with Gasteiger partial charge in [0.2, 0.25) is 0 Å². The smallest absolute Gasteiger partial charge is 0.180 e. The van der Waals surface area contributed by atoms with Gasteiger partial charge in [-0.1, -0.05) is 0 Å². The van der Waals surface area contributed by atoms with Crippen LogP contribution in [0.5, 0.6) is 0 Å². The molecule has 4 nitrogen and oxygen atoms in total. The Labute approximate surface area is 60.4 Å². The molecule has 0 unspecified atom stereocenters. The minimum atomic E-state index is 0. The van der Waals surface area contributed by atoms with Crippen LogP contribution in [0.25, 0.3) is 11.2 Å². The average molecular weight is 160 g/mol. The van der Waals surface area contributed by atoms with Gasteiger partial charge in [-0.3, -0.25) is 9.41 Å². The highest BCUT2D eigenvalue weighted by molar-refractivity contribution is 5.67. The van der Waals surface area contributed by atoms with Crippen LogP contribution in [-0.4, -0.2) is 19.9 Å². The van der Waals surface area contributed by atoms with E-state index in [9.17, 15) is 0 Å². The van der Waals surface area contributed by atoms with Crippen LogP contribution in [0.1, 0.15) is 0 Å². The molecular weight excluding hydrogens is 154 g/mol. The first-order valence-corrected chi connectivity index (χ1v) is 2.56. The third-order valence-corrected chi connectivity index (χ3v) is 1.10. The number of hydrogen-bond donors (Lipinski definition) is 1. The fourth-order valence-corrected chi connectivity index (χ4v) is 0.691. The summed E-state index contributed by atoms with van der Waals surface area (Å²) in [6.07, 6.45) is 4.76. The SMILES string of the molecule is F.F.c1ncc2[nH]cnc2n1. The van der Waals surface area contributed by atoms with Gasteiger partial charge in [-0.15, -0.1) is 0 Å². The molecule has 0 aliphatic carbocycles. The normalized spacial score (nSPS) is 8.36. The second kappa shape index (κ2) is 3.55. The average Bonchev–Trinajstić information content (AvgIpc) is 2.33. The van der Waals surface area contributed by atoms with Crippen molar-refractivity contribution in [1.29, 1.82) is 0 Å². The summed E-state index contributed by atoms with van der Waals surface area (Å²) in [5.41, 5.74) is 1.59. The summed E-state index contributed by atoms with van der Waals surface area (Å²) in [5.74, 6) is 0. The van der Waals surface area contributed by atoms with Gasteiger partial charge in [0.1, 0.15) is 11.8 Å². The number of nitrogens with zero attached hydrogens (tertiary/aromatic N) is 3. The van der Waals surface area contributed by atoms with Crippen LogP contribution < -0.4 is 0 Å². The van der Waals surface area contributed by atoms with E-state index in [1.807, 2.05) is 0 Å². The third-order valence-electron chi connectivity index (χ3n) is 1.10. The first-order valence-electron chi connectivity index (χ1n) is 2.56. The van der Waals surface area contributed by atoms with Crippen molar-refractivity contribution in [3.63, 3.8) is 0 Å². The van der Waals surface area contributed by atoms with Crippen LogP contribution in [0.15, 0.2) is 18.9 Å². The second-order valence-corrected chi connectivity index (χ2v) is 1.66. The monoisotopic (exact) mass is 160 g/mol. The summed E-state index contributed by atoms with van der Waals surface area (Å²) in [4.78, 5) is 14.5. The highest BCUT2D eigenvalue weighted by Gasteiger charge is 1.91. The molecule has 2 aromatic heterocycles. The number of H-pyrrole nitrogens is 1. The lowest BCUT2D eigenvalue weighted by Crippen LogP contribution is -1.76.